The molecule has 1 aromatic carbocycles. The lowest BCUT2D eigenvalue weighted by atomic mass is 9.97. The van der Waals surface area contributed by atoms with Gasteiger partial charge in [-0.15, -0.1) is 11.3 Å². The van der Waals surface area contributed by atoms with Gasteiger partial charge in [-0.3, -0.25) is 4.90 Å². The molecule has 1 fully saturated rings. The lowest BCUT2D eigenvalue weighted by Gasteiger charge is -2.31. The Morgan fingerprint density at radius 2 is 2.17 bits per heavy atom. The first kappa shape index (κ1) is 17.4. The highest BCUT2D eigenvalue weighted by Gasteiger charge is 2.18. The normalized spacial score (nSPS) is 16.4. The zero-order valence-electron chi connectivity index (χ0n) is 14.4. The molecule has 24 heavy (non-hydrogen) atoms. The van der Waals surface area contributed by atoms with E-state index in [1.165, 1.54) is 10.6 Å². The summed E-state index contributed by atoms with van der Waals surface area (Å²) in [7, 11) is 0. The number of hydrogen-bond donors (Lipinski definition) is 2. The van der Waals surface area contributed by atoms with Gasteiger partial charge in [-0.2, -0.15) is 0 Å². The van der Waals surface area contributed by atoms with Crippen LogP contribution in [0.15, 0.2) is 29.6 Å². The van der Waals surface area contributed by atoms with Crippen LogP contribution < -0.4 is 5.32 Å². The van der Waals surface area contributed by atoms with Gasteiger partial charge in [-0.1, -0.05) is 19.1 Å². The zero-order chi connectivity index (χ0) is 16.8. The summed E-state index contributed by atoms with van der Waals surface area (Å²) in [5, 5.41) is 16.1. The molecule has 0 amide bonds. The molecule has 1 aromatic heterocycles. The molecule has 5 heteroatoms. The third-order valence-electron chi connectivity index (χ3n) is 4.67. The van der Waals surface area contributed by atoms with Crippen molar-refractivity contribution in [3.63, 3.8) is 0 Å². The fourth-order valence-corrected chi connectivity index (χ4v) is 3.89. The Bertz CT molecular complexity index is 635. The second-order valence-corrected chi connectivity index (χ2v) is 7.48. The molecule has 3 rings (SSSR count). The monoisotopic (exact) mass is 345 g/mol. The van der Waals surface area contributed by atoms with Crippen molar-refractivity contribution in [2.45, 2.75) is 39.3 Å². The van der Waals surface area contributed by atoms with Crippen LogP contribution in [-0.4, -0.2) is 34.7 Å². The number of likely N-dealkylation sites (tertiary alicyclic amines) is 1. The standard InChI is InChI=1S/C19H27N3OS/c1-2-19-21-18(14-24-19)11-20-17-5-3-4-16(10-17)12-22-8-6-15(13-23)7-9-22/h3-5,10,14-15,20,23H,2,6-9,11-13H2,1H3. The Kier molecular flexibility index (Phi) is 6.24. The molecular formula is C19H27N3OS. The van der Waals surface area contributed by atoms with Gasteiger partial charge in [0.05, 0.1) is 17.2 Å². The van der Waals surface area contributed by atoms with Crippen molar-refractivity contribution in [2.24, 2.45) is 5.92 Å². The van der Waals surface area contributed by atoms with E-state index in [0.717, 1.165) is 56.8 Å². The Morgan fingerprint density at radius 1 is 1.33 bits per heavy atom. The summed E-state index contributed by atoms with van der Waals surface area (Å²) in [6.07, 6.45) is 3.23. The van der Waals surface area contributed by atoms with E-state index in [0.29, 0.717) is 12.5 Å². The van der Waals surface area contributed by atoms with Gasteiger partial charge in [-0.25, -0.2) is 4.98 Å². The Morgan fingerprint density at radius 3 is 2.88 bits per heavy atom. The van der Waals surface area contributed by atoms with Crippen LogP contribution in [0.2, 0.25) is 0 Å². The molecule has 130 valence electrons. The molecule has 0 aliphatic carbocycles. The van der Waals surface area contributed by atoms with Crippen LogP contribution >= 0.6 is 11.3 Å². The first-order valence-corrected chi connectivity index (χ1v) is 9.74. The summed E-state index contributed by atoms with van der Waals surface area (Å²) in [5.74, 6) is 0.500. The van der Waals surface area contributed by atoms with E-state index < -0.39 is 0 Å². The molecule has 0 saturated carbocycles. The van der Waals surface area contributed by atoms with Crippen LogP contribution in [0.3, 0.4) is 0 Å². The average molecular weight is 346 g/mol. The molecule has 0 spiro atoms. The van der Waals surface area contributed by atoms with Crippen molar-refractivity contribution in [3.8, 4) is 0 Å². The number of anilines is 1. The van der Waals surface area contributed by atoms with Crippen molar-refractivity contribution in [1.82, 2.24) is 9.88 Å². The maximum Gasteiger partial charge on any atom is 0.0926 e. The van der Waals surface area contributed by atoms with Gasteiger partial charge < -0.3 is 10.4 Å². The number of nitrogens with zero attached hydrogens (tertiary/aromatic N) is 2. The molecule has 2 N–H and O–H groups in total. The summed E-state index contributed by atoms with van der Waals surface area (Å²) < 4.78 is 0. The molecule has 0 bridgehead atoms. The Labute approximate surface area is 148 Å². The van der Waals surface area contributed by atoms with Crippen molar-refractivity contribution < 1.29 is 5.11 Å². The smallest absolute Gasteiger partial charge is 0.0926 e. The fourth-order valence-electron chi connectivity index (χ4n) is 3.15. The number of aliphatic hydroxyl groups excluding tert-OH is 1. The molecule has 0 radical (unpaired) electrons. The minimum absolute atomic E-state index is 0.337. The molecule has 0 unspecified atom stereocenters. The molecule has 1 saturated heterocycles. The van der Waals surface area contributed by atoms with Crippen LogP contribution in [0.1, 0.15) is 36.0 Å². The summed E-state index contributed by atoms with van der Waals surface area (Å²) in [6, 6.07) is 8.68. The number of aliphatic hydroxyl groups is 1. The topological polar surface area (TPSA) is 48.4 Å². The number of piperidine rings is 1. The highest BCUT2D eigenvalue weighted by atomic mass is 32.1. The van der Waals surface area contributed by atoms with E-state index in [1.54, 1.807) is 11.3 Å². The molecule has 0 atom stereocenters. The second kappa shape index (κ2) is 8.60. The quantitative estimate of drug-likeness (QED) is 0.806. The summed E-state index contributed by atoms with van der Waals surface area (Å²) in [6.45, 7) is 6.42. The number of nitrogens with one attached hydrogen (secondary N) is 1. The van der Waals surface area contributed by atoms with E-state index in [-0.39, 0.29) is 0 Å². The minimum Gasteiger partial charge on any atom is -0.396 e. The van der Waals surface area contributed by atoms with Gasteiger partial charge in [0.2, 0.25) is 0 Å². The Hall–Kier alpha value is -1.43. The average Bonchev–Trinajstić information content (AvgIpc) is 3.09. The van der Waals surface area contributed by atoms with Gasteiger partial charge in [-0.05, 0) is 56.0 Å². The van der Waals surface area contributed by atoms with Crippen LogP contribution in [0, 0.1) is 5.92 Å². The highest BCUT2D eigenvalue weighted by molar-refractivity contribution is 7.09. The van der Waals surface area contributed by atoms with E-state index in [9.17, 15) is 5.11 Å². The summed E-state index contributed by atoms with van der Waals surface area (Å²) in [5.41, 5.74) is 3.62. The Balaban J connectivity index is 1.52. The minimum atomic E-state index is 0.337. The van der Waals surface area contributed by atoms with Crippen molar-refractivity contribution in [2.75, 3.05) is 25.0 Å². The fraction of sp³-hybridized carbons (Fsp3) is 0.526. The van der Waals surface area contributed by atoms with E-state index in [2.05, 4.69) is 51.8 Å². The van der Waals surface area contributed by atoms with E-state index >= 15 is 0 Å². The van der Waals surface area contributed by atoms with Gasteiger partial charge in [0.1, 0.15) is 0 Å². The molecule has 2 aromatic rings. The maximum absolute atomic E-state index is 9.24. The van der Waals surface area contributed by atoms with Crippen LogP contribution in [0.4, 0.5) is 5.69 Å². The number of hydrogen-bond acceptors (Lipinski definition) is 5. The number of benzene rings is 1. The van der Waals surface area contributed by atoms with E-state index in [4.69, 9.17) is 0 Å². The second-order valence-electron chi connectivity index (χ2n) is 6.54. The molecular weight excluding hydrogens is 318 g/mol. The largest absolute Gasteiger partial charge is 0.396 e. The highest BCUT2D eigenvalue weighted by Crippen LogP contribution is 2.20. The first-order valence-electron chi connectivity index (χ1n) is 8.86. The van der Waals surface area contributed by atoms with Gasteiger partial charge >= 0.3 is 0 Å². The summed E-state index contributed by atoms with van der Waals surface area (Å²) in [4.78, 5) is 7.09. The van der Waals surface area contributed by atoms with Crippen LogP contribution in [0.5, 0.6) is 0 Å². The van der Waals surface area contributed by atoms with Crippen LogP contribution in [-0.2, 0) is 19.5 Å². The maximum atomic E-state index is 9.24. The lowest BCUT2D eigenvalue weighted by molar-refractivity contribution is 0.127. The zero-order valence-corrected chi connectivity index (χ0v) is 15.2. The third kappa shape index (κ3) is 4.79. The van der Waals surface area contributed by atoms with E-state index in [1.807, 2.05) is 0 Å². The first-order chi connectivity index (χ1) is 11.8. The van der Waals surface area contributed by atoms with Gasteiger partial charge in [0.15, 0.2) is 0 Å². The predicted molar refractivity (Wildman–Crippen MR) is 100 cm³/mol. The lowest BCUT2D eigenvalue weighted by Crippen LogP contribution is -2.34. The van der Waals surface area contributed by atoms with Crippen LogP contribution in [0.25, 0.3) is 0 Å². The van der Waals surface area contributed by atoms with Crippen molar-refractivity contribution >= 4 is 17.0 Å². The molecule has 2 heterocycles. The van der Waals surface area contributed by atoms with Crippen molar-refractivity contribution in [3.05, 3.63) is 45.9 Å². The molecule has 4 nitrogen and oxygen atoms in total. The van der Waals surface area contributed by atoms with Crippen molar-refractivity contribution in [1.29, 1.82) is 0 Å². The van der Waals surface area contributed by atoms with Gasteiger partial charge in [0, 0.05) is 24.2 Å². The SMILES string of the molecule is CCc1nc(CNc2cccc(CN3CCC(CO)CC3)c2)cs1. The number of aryl methyl sites for hydroxylation is 1. The molecule has 1 aliphatic rings. The number of aromatic nitrogens is 1. The number of thiazole rings is 1. The molecule has 1 aliphatic heterocycles. The summed E-state index contributed by atoms with van der Waals surface area (Å²) >= 11 is 1.74. The predicted octanol–water partition coefficient (Wildman–Crippen LogP) is 3.52. The van der Waals surface area contributed by atoms with Gasteiger partial charge in [0.25, 0.3) is 0 Å². The third-order valence-corrected chi connectivity index (χ3v) is 5.72. The number of rotatable bonds is 7.